The van der Waals surface area contributed by atoms with Gasteiger partial charge in [0.1, 0.15) is 5.75 Å². The van der Waals surface area contributed by atoms with E-state index in [-0.39, 0.29) is 25.0 Å². The lowest BCUT2D eigenvalue weighted by atomic mass is 10.2. The highest BCUT2D eigenvalue weighted by atomic mass is 32.1. The third-order valence-electron chi connectivity index (χ3n) is 4.12. The minimum atomic E-state index is -0.279. The van der Waals surface area contributed by atoms with Crippen LogP contribution in [0.2, 0.25) is 0 Å². The van der Waals surface area contributed by atoms with E-state index in [4.69, 9.17) is 14.2 Å². The average molecular weight is 411 g/mol. The van der Waals surface area contributed by atoms with Gasteiger partial charge in [-0.2, -0.15) is 0 Å². The summed E-state index contributed by atoms with van der Waals surface area (Å²) in [6, 6.07) is 12.0. The second-order valence-electron chi connectivity index (χ2n) is 6.12. The lowest BCUT2D eigenvalue weighted by Crippen LogP contribution is -2.15. The second-order valence-corrected chi connectivity index (χ2v) is 6.98. The Labute approximate surface area is 170 Å². The molecule has 148 valence electrons. The average Bonchev–Trinajstić information content (AvgIpc) is 3.36. The zero-order valence-corrected chi connectivity index (χ0v) is 16.2. The van der Waals surface area contributed by atoms with Gasteiger partial charge in [0.15, 0.2) is 16.6 Å². The molecule has 0 aliphatic carbocycles. The Balaban J connectivity index is 1.33. The molecule has 2 amide bonds. The molecular weight excluding hydrogens is 394 g/mol. The van der Waals surface area contributed by atoms with Crippen LogP contribution >= 0.6 is 11.3 Å². The van der Waals surface area contributed by atoms with Crippen molar-refractivity contribution in [3.63, 3.8) is 0 Å². The molecule has 0 radical (unpaired) electrons. The number of fused-ring (bicyclic) bond motifs is 1. The fourth-order valence-electron chi connectivity index (χ4n) is 2.70. The number of rotatable bonds is 6. The molecule has 1 aromatic heterocycles. The molecule has 2 heterocycles. The number of anilines is 2. The number of carbonyl (C=O) groups is 2. The van der Waals surface area contributed by atoms with Crippen molar-refractivity contribution in [2.45, 2.75) is 6.42 Å². The normalized spacial score (nSPS) is 11.8. The highest BCUT2D eigenvalue weighted by molar-refractivity contribution is 7.14. The fourth-order valence-corrected chi connectivity index (χ4v) is 3.41. The maximum Gasteiger partial charge on any atom is 0.257 e. The Morgan fingerprint density at radius 1 is 1.10 bits per heavy atom. The number of thiazole rings is 1. The Kier molecular flexibility index (Phi) is 5.30. The third-order valence-corrected chi connectivity index (χ3v) is 4.93. The molecule has 29 heavy (non-hydrogen) atoms. The lowest BCUT2D eigenvalue weighted by molar-refractivity contribution is -0.115. The molecule has 8 nitrogen and oxygen atoms in total. The Morgan fingerprint density at radius 2 is 1.90 bits per heavy atom. The van der Waals surface area contributed by atoms with Gasteiger partial charge in [0.25, 0.3) is 5.91 Å². The number of hydrogen-bond acceptors (Lipinski definition) is 7. The first-order chi connectivity index (χ1) is 14.1. The first-order valence-corrected chi connectivity index (χ1v) is 9.58. The lowest BCUT2D eigenvalue weighted by Gasteiger charge is -2.05. The van der Waals surface area contributed by atoms with Crippen molar-refractivity contribution >= 4 is 34.0 Å². The highest BCUT2D eigenvalue weighted by Crippen LogP contribution is 2.34. The number of ether oxygens (including phenoxy) is 3. The summed E-state index contributed by atoms with van der Waals surface area (Å²) in [5, 5.41) is 7.70. The molecule has 1 aliphatic rings. The van der Waals surface area contributed by atoms with Gasteiger partial charge >= 0.3 is 0 Å². The van der Waals surface area contributed by atoms with E-state index in [0.717, 1.165) is 0 Å². The van der Waals surface area contributed by atoms with Crippen LogP contribution in [0.3, 0.4) is 0 Å². The van der Waals surface area contributed by atoms with Gasteiger partial charge in [-0.05, 0) is 36.4 Å². The molecule has 0 spiro atoms. The summed E-state index contributed by atoms with van der Waals surface area (Å²) in [6.07, 6.45) is 0.0867. The number of methoxy groups -OCH3 is 1. The van der Waals surface area contributed by atoms with Gasteiger partial charge in [0, 0.05) is 22.7 Å². The van der Waals surface area contributed by atoms with E-state index in [1.54, 1.807) is 55.0 Å². The van der Waals surface area contributed by atoms with Crippen LogP contribution in [0.4, 0.5) is 10.8 Å². The second kappa shape index (κ2) is 8.19. The van der Waals surface area contributed by atoms with E-state index in [1.807, 2.05) is 0 Å². The van der Waals surface area contributed by atoms with Gasteiger partial charge in [-0.3, -0.25) is 14.9 Å². The SMILES string of the molecule is COc1ccc(C(=O)Nc2nc(CC(=O)Nc3ccc4c(c3)OCO4)cs2)cc1. The molecule has 2 N–H and O–H groups in total. The topological polar surface area (TPSA) is 98.8 Å². The minimum Gasteiger partial charge on any atom is -0.497 e. The molecule has 0 saturated carbocycles. The van der Waals surface area contributed by atoms with Gasteiger partial charge in [-0.25, -0.2) is 4.98 Å². The molecule has 0 atom stereocenters. The summed E-state index contributed by atoms with van der Waals surface area (Å²) in [4.78, 5) is 28.9. The van der Waals surface area contributed by atoms with Gasteiger partial charge in [-0.15, -0.1) is 11.3 Å². The zero-order valence-electron chi connectivity index (χ0n) is 15.4. The van der Waals surface area contributed by atoms with E-state index in [2.05, 4.69) is 15.6 Å². The largest absolute Gasteiger partial charge is 0.497 e. The van der Waals surface area contributed by atoms with Crippen LogP contribution in [0.25, 0.3) is 0 Å². The number of amides is 2. The van der Waals surface area contributed by atoms with Crippen LogP contribution in [0.1, 0.15) is 16.1 Å². The molecule has 1 aliphatic heterocycles. The Bertz CT molecular complexity index is 1050. The highest BCUT2D eigenvalue weighted by Gasteiger charge is 2.15. The quantitative estimate of drug-likeness (QED) is 0.646. The summed E-state index contributed by atoms with van der Waals surface area (Å²) < 4.78 is 15.6. The van der Waals surface area contributed by atoms with Gasteiger partial charge in [0.2, 0.25) is 12.7 Å². The van der Waals surface area contributed by atoms with Crippen LogP contribution in [0, 0.1) is 0 Å². The van der Waals surface area contributed by atoms with Crippen LogP contribution < -0.4 is 24.8 Å². The fraction of sp³-hybridized carbons (Fsp3) is 0.150. The van der Waals surface area contributed by atoms with Crippen LogP contribution in [-0.4, -0.2) is 30.7 Å². The molecule has 0 fully saturated rings. The maximum atomic E-state index is 12.3. The van der Waals surface area contributed by atoms with Crippen molar-refractivity contribution in [1.29, 1.82) is 0 Å². The first-order valence-electron chi connectivity index (χ1n) is 8.70. The van der Waals surface area contributed by atoms with E-state index in [1.165, 1.54) is 11.3 Å². The first kappa shape index (κ1) is 18.8. The number of nitrogens with one attached hydrogen (secondary N) is 2. The Hall–Kier alpha value is -3.59. The van der Waals surface area contributed by atoms with E-state index in [9.17, 15) is 9.59 Å². The van der Waals surface area contributed by atoms with Crippen molar-refractivity contribution in [3.05, 3.63) is 59.1 Å². The molecule has 0 bridgehead atoms. The van der Waals surface area contributed by atoms with E-state index >= 15 is 0 Å². The van der Waals surface area contributed by atoms with Crippen molar-refractivity contribution < 1.29 is 23.8 Å². The van der Waals surface area contributed by atoms with Gasteiger partial charge < -0.3 is 19.5 Å². The number of carbonyl (C=O) groups excluding carboxylic acids is 2. The summed E-state index contributed by atoms with van der Waals surface area (Å²) >= 11 is 1.26. The molecule has 0 unspecified atom stereocenters. The van der Waals surface area contributed by atoms with Crippen molar-refractivity contribution in [3.8, 4) is 17.2 Å². The molecular formula is C20H17N3O5S. The molecule has 2 aromatic carbocycles. The van der Waals surface area contributed by atoms with Gasteiger partial charge in [-0.1, -0.05) is 0 Å². The summed E-state index contributed by atoms with van der Waals surface area (Å²) in [7, 11) is 1.56. The summed E-state index contributed by atoms with van der Waals surface area (Å²) in [6.45, 7) is 0.177. The van der Waals surface area contributed by atoms with E-state index < -0.39 is 0 Å². The smallest absolute Gasteiger partial charge is 0.257 e. The van der Waals surface area contributed by atoms with Crippen LogP contribution in [0.5, 0.6) is 17.2 Å². The van der Waals surface area contributed by atoms with E-state index in [0.29, 0.717) is 39.3 Å². The summed E-state index contributed by atoms with van der Waals surface area (Å²) in [5.41, 5.74) is 1.67. The predicted molar refractivity (Wildman–Crippen MR) is 108 cm³/mol. The molecule has 9 heteroatoms. The number of nitrogens with zero attached hydrogens (tertiary/aromatic N) is 1. The zero-order chi connectivity index (χ0) is 20.2. The molecule has 3 aromatic rings. The monoisotopic (exact) mass is 411 g/mol. The van der Waals surface area contributed by atoms with Gasteiger partial charge in [0.05, 0.1) is 19.2 Å². The van der Waals surface area contributed by atoms with Crippen LogP contribution in [-0.2, 0) is 11.2 Å². The molecule has 4 rings (SSSR count). The maximum absolute atomic E-state index is 12.3. The van der Waals surface area contributed by atoms with Crippen molar-refractivity contribution in [1.82, 2.24) is 4.98 Å². The standard InChI is InChI=1S/C20H17N3O5S/c1-26-15-5-2-12(3-6-15)19(25)23-20-22-14(10-29-20)9-18(24)21-13-4-7-16-17(8-13)28-11-27-16/h2-8,10H,9,11H2,1H3,(H,21,24)(H,22,23,25). The predicted octanol–water partition coefficient (Wildman–Crippen LogP) is 3.31. The number of benzene rings is 2. The molecule has 0 saturated heterocycles. The summed E-state index contributed by atoms with van der Waals surface area (Å²) in [5.74, 6) is 1.42. The number of hydrogen-bond donors (Lipinski definition) is 2. The number of aromatic nitrogens is 1. The third kappa shape index (κ3) is 4.46. The van der Waals surface area contributed by atoms with Crippen molar-refractivity contribution in [2.24, 2.45) is 0 Å². The van der Waals surface area contributed by atoms with Crippen LogP contribution in [0.15, 0.2) is 47.8 Å². The minimum absolute atomic E-state index is 0.0867. The Morgan fingerprint density at radius 3 is 2.69 bits per heavy atom. The van der Waals surface area contributed by atoms with Crippen molar-refractivity contribution in [2.75, 3.05) is 24.5 Å².